The molecule has 2 N–H and O–H groups in total. The number of carbonyl (C=O) groups is 2. The van der Waals surface area contributed by atoms with E-state index in [-0.39, 0.29) is 64.7 Å². The molecule has 1 aliphatic rings. The van der Waals surface area contributed by atoms with Crippen LogP contribution >= 0.6 is 69.6 Å². The van der Waals surface area contributed by atoms with Gasteiger partial charge in [-0.15, -0.1) is 0 Å². The Bertz CT molecular complexity index is 1160. The van der Waals surface area contributed by atoms with Gasteiger partial charge >= 0.3 is 0 Å². The molecule has 0 radical (unpaired) electrons. The summed E-state index contributed by atoms with van der Waals surface area (Å²) in [6.45, 7) is 4.28. The minimum absolute atomic E-state index is 0.153. The number of hydrogen-bond acceptors (Lipinski definition) is 8. The van der Waals surface area contributed by atoms with Crippen molar-refractivity contribution < 1.29 is 38.0 Å². The maximum absolute atomic E-state index is 11.7. The van der Waals surface area contributed by atoms with Crippen molar-refractivity contribution in [2.24, 2.45) is 0 Å². The topological polar surface area (TPSA) is 114 Å². The van der Waals surface area contributed by atoms with Gasteiger partial charge in [0.1, 0.15) is 38.5 Å². The average Bonchev–Trinajstić information content (AvgIpc) is 2.93. The van der Waals surface area contributed by atoms with E-state index >= 15 is 0 Å². The third-order valence-corrected chi connectivity index (χ3v) is 7.20. The van der Waals surface area contributed by atoms with Crippen LogP contribution < -0.4 is 29.6 Å². The molecule has 0 aromatic heterocycles. The minimum atomic E-state index is -1.82. The van der Waals surface area contributed by atoms with Gasteiger partial charge in [-0.1, -0.05) is 81.7 Å². The van der Waals surface area contributed by atoms with Crippen molar-refractivity contribution in [1.82, 2.24) is 10.6 Å². The van der Waals surface area contributed by atoms with Crippen molar-refractivity contribution in [1.29, 1.82) is 0 Å². The van der Waals surface area contributed by atoms with Crippen molar-refractivity contribution in [3.63, 3.8) is 0 Å². The van der Waals surface area contributed by atoms with Gasteiger partial charge in [-0.2, -0.15) is 0 Å². The molecule has 0 spiro atoms. The van der Waals surface area contributed by atoms with E-state index in [9.17, 15) is 9.59 Å². The van der Waals surface area contributed by atoms with Crippen LogP contribution in [0, 0.1) is 0 Å². The Balaban J connectivity index is 1.73. The van der Waals surface area contributed by atoms with Gasteiger partial charge < -0.3 is 39.1 Å². The number of benzene rings is 2. The van der Waals surface area contributed by atoms with E-state index in [1.165, 1.54) is 13.8 Å². The first-order valence-corrected chi connectivity index (χ1v) is 15.6. The molecule has 1 aliphatic heterocycles. The zero-order valence-corrected chi connectivity index (χ0v) is 28.3. The first-order valence-electron chi connectivity index (χ1n) is 13.4. The number of amides is 2. The second kappa shape index (κ2) is 17.2. The summed E-state index contributed by atoms with van der Waals surface area (Å²) >= 11 is 36.8. The largest absolute Gasteiger partial charge is 0.487 e. The van der Waals surface area contributed by atoms with Gasteiger partial charge in [0, 0.05) is 13.8 Å². The van der Waals surface area contributed by atoms with Crippen LogP contribution in [0.1, 0.15) is 37.1 Å². The lowest BCUT2D eigenvalue weighted by molar-refractivity contribution is -0.120. The smallest absolute Gasteiger partial charge is 0.217 e. The van der Waals surface area contributed by atoms with E-state index in [1.807, 2.05) is 0 Å². The van der Waals surface area contributed by atoms with Crippen LogP contribution in [0.3, 0.4) is 0 Å². The highest BCUT2D eigenvalue weighted by molar-refractivity contribution is 6.68. The fourth-order valence-corrected chi connectivity index (χ4v) is 5.12. The molecule has 0 fully saturated rings. The lowest BCUT2D eigenvalue weighted by Crippen LogP contribution is -2.35. The molecule has 0 saturated heterocycles. The maximum atomic E-state index is 11.7. The van der Waals surface area contributed by atoms with Gasteiger partial charge in [-0.05, 0) is 35.4 Å². The van der Waals surface area contributed by atoms with E-state index in [1.54, 1.807) is 36.4 Å². The number of alkyl halides is 6. The SMILES string of the molecule is CC(=O)NC(c1ccc2c(c1)OCCOCCOc1cc(C(NC(C)=O)C(Cl)(Cl)Cl)ccc1OCCOCCO2)C(Cl)(Cl)Cl. The van der Waals surface area contributed by atoms with E-state index in [2.05, 4.69) is 10.6 Å². The molecular formula is C28H32Cl6N2O8. The predicted molar refractivity (Wildman–Crippen MR) is 170 cm³/mol. The maximum Gasteiger partial charge on any atom is 0.217 e. The Morgan fingerprint density at radius 1 is 0.568 bits per heavy atom. The van der Waals surface area contributed by atoms with Gasteiger partial charge in [-0.3, -0.25) is 9.59 Å². The zero-order valence-electron chi connectivity index (χ0n) is 23.8. The summed E-state index contributed by atoms with van der Waals surface area (Å²) in [5, 5.41) is 5.29. The second-order valence-corrected chi connectivity index (χ2v) is 14.1. The molecule has 2 amide bonds. The molecule has 2 aromatic carbocycles. The Morgan fingerprint density at radius 3 is 1.18 bits per heavy atom. The molecule has 0 saturated carbocycles. The van der Waals surface area contributed by atoms with E-state index in [4.69, 9.17) is 98.0 Å². The van der Waals surface area contributed by atoms with Gasteiger partial charge in [-0.25, -0.2) is 0 Å². The predicted octanol–water partition coefficient (Wildman–Crippen LogP) is 6.04. The van der Waals surface area contributed by atoms with Crippen LogP contribution in [0.25, 0.3) is 0 Å². The summed E-state index contributed by atoms with van der Waals surface area (Å²) < 4.78 is 31.3. The van der Waals surface area contributed by atoms with Crippen LogP contribution in [0.4, 0.5) is 0 Å². The van der Waals surface area contributed by atoms with E-state index in [0.717, 1.165) is 0 Å². The number of fused-ring (bicyclic) bond motifs is 2. The molecular weight excluding hydrogens is 705 g/mol. The number of halogens is 6. The molecule has 2 atom stereocenters. The van der Waals surface area contributed by atoms with Crippen molar-refractivity contribution >= 4 is 81.4 Å². The Kier molecular flexibility index (Phi) is 14.4. The van der Waals surface area contributed by atoms with Gasteiger partial charge in [0.2, 0.25) is 19.4 Å². The van der Waals surface area contributed by atoms with Crippen LogP contribution in [0.15, 0.2) is 36.4 Å². The first-order chi connectivity index (χ1) is 20.8. The number of nitrogens with one attached hydrogen (secondary N) is 2. The normalized spacial score (nSPS) is 16.9. The molecule has 0 aliphatic carbocycles. The van der Waals surface area contributed by atoms with Crippen LogP contribution in [-0.2, 0) is 19.1 Å². The third kappa shape index (κ3) is 11.9. The number of rotatable bonds is 4. The highest BCUT2D eigenvalue weighted by Gasteiger charge is 2.36. The second-order valence-electron chi connectivity index (χ2n) is 9.38. The monoisotopic (exact) mass is 734 g/mol. The van der Waals surface area contributed by atoms with Gasteiger partial charge in [0.05, 0.1) is 26.4 Å². The molecule has 244 valence electrons. The van der Waals surface area contributed by atoms with Crippen molar-refractivity contribution in [3.8, 4) is 23.0 Å². The zero-order chi connectivity index (χ0) is 32.3. The summed E-state index contributed by atoms with van der Waals surface area (Å²) in [5.41, 5.74) is 1.00. The number of ether oxygens (including phenoxy) is 6. The first kappa shape index (κ1) is 36.7. The highest BCUT2D eigenvalue weighted by Crippen LogP contribution is 2.43. The lowest BCUT2D eigenvalue weighted by atomic mass is 10.1. The molecule has 1 heterocycles. The summed E-state index contributed by atoms with van der Waals surface area (Å²) in [5.74, 6) is 0.847. The summed E-state index contributed by atoms with van der Waals surface area (Å²) in [4.78, 5) is 23.5. The fourth-order valence-electron chi connectivity index (χ4n) is 4.03. The molecule has 44 heavy (non-hydrogen) atoms. The summed E-state index contributed by atoms with van der Waals surface area (Å²) in [6.07, 6.45) is 0. The number of hydrogen-bond donors (Lipinski definition) is 2. The van der Waals surface area contributed by atoms with E-state index in [0.29, 0.717) is 34.1 Å². The molecule has 10 nitrogen and oxygen atoms in total. The molecule has 2 aromatic rings. The van der Waals surface area contributed by atoms with Gasteiger partial charge in [0.15, 0.2) is 23.0 Å². The quantitative estimate of drug-likeness (QED) is 0.366. The van der Waals surface area contributed by atoms with Crippen LogP contribution in [0.2, 0.25) is 0 Å². The number of carbonyl (C=O) groups excluding carboxylic acids is 2. The molecule has 2 unspecified atom stereocenters. The van der Waals surface area contributed by atoms with Crippen molar-refractivity contribution in [2.75, 3.05) is 52.9 Å². The molecule has 3 rings (SSSR count). The summed E-state index contributed by atoms with van der Waals surface area (Å²) in [7, 11) is 0. The molecule has 16 heteroatoms. The minimum Gasteiger partial charge on any atom is -0.487 e. The van der Waals surface area contributed by atoms with Crippen LogP contribution in [-0.4, -0.2) is 72.3 Å². The Hall–Kier alpha value is -1.76. The van der Waals surface area contributed by atoms with E-state index < -0.39 is 19.7 Å². The third-order valence-electron chi connectivity index (χ3n) is 5.89. The van der Waals surface area contributed by atoms with Crippen molar-refractivity contribution in [3.05, 3.63) is 47.5 Å². The standard InChI is InChI=1S/C28H32Cl6N2O8/c1-17(37)35-25(27(29,30)31)19-3-5-21-23(15-19)43-13-9-40-10-14-44-24-16-20(26(28(32,33)34)36-18(2)38)4-6-22(24)42-12-8-39-7-11-41-21/h3-6,15-16,25-26H,7-14H2,1-2H3,(H,35,37)(H,36,38). The highest BCUT2D eigenvalue weighted by atomic mass is 35.6. The fraction of sp³-hybridized carbons (Fsp3) is 0.500. The lowest BCUT2D eigenvalue weighted by Gasteiger charge is -2.26. The molecule has 0 bridgehead atoms. The summed E-state index contributed by atoms with van der Waals surface area (Å²) in [6, 6.07) is 8.07. The average molecular weight is 737 g/mol. The van der Waals surface area contributed by atoms with Crippen LogP contribution in [0.5, 0.6) is 23.0 Å². The Labute approximate surface area is 285 Å². The Morgan fingerprint density at radius 2 is 0.886 bits per heavy atom. The van der Waals surface area contributed by atoms with Crippen molar-refractivity contribution in [2.45, 2.75) is 33.5 Å². The van der Waals surface area contributed by atoms with Gasteiger partial charge in [0.25, 0.3) is 0 Å².